The number of ether oxygens (including phenoxy) is 2. The van der Waals surface area contributed by atoms with Gasteiger partial charge in [-0.1, -0.05) is 105 Å². The van der Waals surface area contributed by atoms with E-state index in [-0.39, 0.29) is 29.2 Å². The molecule has 1 rings (SSSR count). The molecule has 0 saturated heterocycles. The Bertz CT molecular complexity index is 931. The van der Waals surface area contributed by atoms with Gasteiger partial charge in [0.25, 0.3) is 0 Å². The maximum atomic E-state index is 12.9. The summed E-state index contributed by atoms with van der Waals surface area (Å²) in [5.74, 6) is -0.101. The van der Waals surface area contributed by atoms with Gasteiger partial charge in [-0.15, -0.1) is 0 Å². The van der Waals surface area contributed by atoms with Crippen molar-refractivity contribution in [3.05, 3.63) is 41.0 Å². The van der Waals surface area contributed by atoms with Crippen LogP contribution < -0.4 is 0 Å². The molecular weight excluding hydrogens is 528 g/mol. The minimum atomic E-state index is -0.728. The largest absolute Gasteiger partial charge is 0.507 e. The van der Waals surface area contributed by atoms with E-state index in [1.54, 1.807) is 0 Å². The van der Waals surface area contributed by atoms with Crippen molar-refractivity contribution in [2.75, 3.05) is 7.11 Å². The van der Waals surface area contributed by atoms with Crippen molar-refractivity contribution in [3.63, 3.8) is 0 Å². The summed E-state index contributed by atoms with van der Waals surface area (Å²) >= 11 is 0. The molecule has 2 atom stereocenters. The number of benzene rings is 1. The number of esters is 2. The third kappa shape index (κ3) is 14.7. The molecule has 240 valence electrons. The number of aliphatic hydroxyl groups excluding tert-OH is 1. The Balaban J connectivity index is 2.67. The van der Waals surface area contributed by atoms with Crippen molar-refractivity contribution in [2.24, 2.45) is 0 Å². The molecule has 6 nitrogen and oxygen atoms in total. The first kappa shape index (κ1) is 37.7. The van der Waals surface area contributed by atoms with Gasteiger partial charge >= 0.3 is 11.9 Å². The fraction of sp³-hybridized carbons (Fsp3) is 0.722. The van der Waals surface area contributed by atoms with E-state index in [9.17, 15) is 19.8 Å². The second-order valence-corrected chi connectivity index (χ2v) is 13.7. The molecule has 42 heavy (non-hydrogen) atoms. The van der Waals surface area contributed by atoms with Crippen molar-refractivity contribution in [1.82, 2.24) is 0 Å². The summed E-state index contributed by atoms with van der Waals surface area (Å²) in [5, 5.41) is 21.9. The van der Waals surface area contributed by atoms with E-state index in [4.69, 9.17) is 4.74 Å². The highest BCUT2D eigenvalue weighted by atomic mass is 16.6. The normalized spacial score (nSPS) is 13.7. The third-order valence-electron chi connectivity index (χ3n) is 7.73. The first-order valence-electron chi connectivity index (χ1n) is 16.2. The summed E-state index contributed by atoms with van der Waals surface area (Å²) in [6, 6.07) is 4.02. The van der Waals surface area contributed by atoms with Gasteiger partial charge in [0.1, 0.15) is 11.9 Å². The highest BCUT2D eigenvalue weighted by Gasteiger charge is 2.27. The number of phenolic OH excluding ortho intramolecular Hbond substituents is 1. The van der Waals surface area contributed by atoms with Crippen molar-refractivity contribution in [2.45, 2.75) is 161 Å². The van der Waals surface area contributed by atoms with Crippen LogP contribution in [0.1, 0.15) is 149 Å². The molecule has 0 radical (unpaired) electrons. The Morgan fingerprint density at radius 2 is 1.43 bits per heavy atom. The van der Waals surface area contributed by atoms with Crippen LogP contribution in [0.15, 0.2) is 24.3 Å². The van der Waals surface area contributed by atoms with Crippen LogP contribution in [0.3, 0.4) is 0 Å². The van der Waals surface area contributed by atoms with Gasteiger partial charge in [-0.2, -0.15) is 0 Å². The third-order valence-corrected chi connectivity index (χ3v) is 7.73. The average Bonchev–Trinajstić information content (AvgIpc) is 2.91. The molecule has 0 aliphatic rings. The van der Waals surface area contributed by atoms with E-state index in [0.717, 1.165) is 74.5 Å². The topological polar surface area (TPSA) is 93.1 Å². The second-order valence-electron chi connectivity index (χ2n) is 13.7. The number of rotatable bonds is 19. The van der Waals surface area contributed by atoms with Crippen LogP contribution in [0.5, 0.6) is 5.75 Å². The maximum Gasteiger partial charge on any atom is 0.306 e. The summed E-state index contributed by atoms with van der Waals surface area (Å²) in [7, 11) is 1.42. The Hall–Kier alpha value is -2.34. The average molecular weight is 589 g/mol. The SMILES string of the molecule is CCCCCC(OC(=O)CCc1cc(C(C)(C)C)c(O)c(C(C)(C)C)c1)C(O)C/C=C\CCCCCCCC(=O)OC. The first-order valence-corrected chi connectivity index (χ1v) is 16.2. The van der Waals surface area contributed by atoms with Crippen molar-refractivity contribution in [3.8, 4) is 5.75 Å². The zero-order valence-electron chi connectivity index (χ0n) is 27.9. The van der Waals surface area contributed by atoms with Crippen LogP contribution in [0.4, 0.5) is 0 Å². The van der Waals surface area contributed by atoms with E-state index in [1.165, 1.54) is 7.11 Å². The number of phenols is 1. The minimum Gasteiger partial charge on any atom is -0.507 e. The van der Waals surface area contributed by atoms with Gasteiger partial charge in [0.15, 0.2) is 0 Å². The van der Waals surface area contributed by atoms with Gasteiger partial charge in [0, 0.05) is 12.8 Å². The van der Waals surface area contributed by atoms with E-state index in [0.29, 0.717) is 31.4 Å². The van der Waals surface area contributed by atoms with Gasteiger partial charge in [-0.3, -0.25) is 9.59 Å². The Morgan fingerprint density at radius 1 is 0.833 bits per heavy atom. The fourth-order valence-electron chi connectivity index (χ4n) is 5.05. The smallest absolute Gasteiger partial charge is 0.306 e. The second kappa shape index (κ2) is 19.0. The van der Waals surface area contributed by atoms with Crippen LogP contribution in [0.2, 0.25) is 0 Å². The molecule has 0 aromatic heterocycles. The summed E-state index contributed by atoms with van der Waals surface area (Å²) in [5.41, 5.74) is 2.32. The molecule has 0 bridgehead atoms. The molecule has 0 heterocycles. The summed E-state index contributed by atoms with van der Waals surface area (Å²) in [6.07, 6.45) is 14.4. The number of hydrogen-bond acceptors (Lipinski definition) is 6. The van der Waals surface area contributed by atoms with Crippen LogP contribution in [0.25, 0.3) is 0 Å². The molecule has 0 spiro atoms. The number of carbonyl (C=O) groups is 2. The number of aliphatic hydroxyl groups is 1. The zero-order chi connectivity index (χ0) is 31.8. The molecule has 0 amide bonds. The highest BCUT2D eigenvalue weighted by molar-refractivity contribution is 5.70. The number of aryl methyl sites for hydroxylation is 1. The van der Waals surface area contributed by atoms with Gasteiger partial charge in [-0.05, 0) is 72.5 Å². The molecule has 6 heteroatoms. The molecule has 1 aromatic carbocycles. The maximum absolute atomic E-state index is 12.9. The van der Waals surface area contributed by atoms with E-state index in [2.05, 4.69) is 59.3 Å². The van der Waals surface area contributed by atoms with Crippen LogP contribution >= 0.6 is 0 Å². The molecule has 0 aliphatic heterocycles. The van der Waals surface area contributed by atoms with Gasteiger partial charge in [0.05, 0.1) is 13.2 Å². The van der Waals surface area contributed by atoms with Crippen LogP contribution in [-0.4, -0.2) is 41.5 Å². The van der Waals surface area contributed by atoms with Gasteiger partial charge in [0.2, 0.25) is 0 Å². The summed E-state index contributed by atoms with van der Waals surface area (Å²) in [4.78, 5) is 24.1. The molecule has 2 unspecified atom stereocenters. The van der Waals surface area contributed by atoms with Crippen molar-refractivity contribution in [1.29, 1.82) is 0 Å². The first-order chi connectivity index (χ1) is 19.7. The quantitative estimate of drug-likeness (QED) is 0.0955. The monoisotopic (exact) mass is 588 g/mol. The standard InChI is InChI=1S/C36H60O6/c1-9-10-17-21-31(30(37)20-18-15-13-11-12-14-16-19-22-32(38)41-8)42-33(39)24-23-27-25-28(35(2,3)4)34(40)29(26-27)36(5,6)7/h15,18,25-26,30-31,37,40H,9-14,16-17,19-24H2,1-8H3/b18-15-. The molecule has 0 saturated carbocycles. The number of methoxy groups -OCH3 is 1. The van der Waals surface area contributed by atoms with Gasteiger partial charge in [-0.25, -0.2) is 0 Å². The van der Waals surface area contributed by atoms with Crippen molar-refractivity contribution >= 4 is 11.9 Å². The Morgan fingerprint density at radius 3 is 2.00 bits per heavy atom. The van der Waals surface area contributed by atoms with Crippen LogP contribution in [-0.2, 0) is 36.3 Å². The number of aromatic hydroxyl groups is 1. The Labute approximate surface area is 256 Å². The fourth-order valence-corrected chi connectivity index (χ4v) is 5.05. The van der Waals surface area contributed by atoms with E-state index >= 15 is 0 Å². The molecular formula is C36H60O6. The lowest BCUT2D eigenvalue weighted by atomic mass is 9.78. The number of unbranched alkanes of at least 4 members (excludes halogenated alkanes) is 7. The minimum absolute atomic E-state index is 0.142. The zero-order valence-corrected chi connectivity index (χ0v) is 27.9. The number of allylic oxidation sites excluding steroid dienone is 1. The lowest BCUT2D eigenvalue weighted by molar-refractivity contribution is -0.155. The highest BCUT2D eigenvalue weighted by Crippen LogP contribution is 2.40. The summed E-state index contributed by atoms with van der Waals surface area (Å²) in [6.45, 7) is 14.6. The molecule has 2 N–H and O–H groups in total. The predicted octanol–water partition coefficient (Wildman–Crippen LogP) is 8.62. The van der Waals surface area contributed by atoms with Crippen molar-refractivity contribution < 1.29 is 29.3 Å². The summed E-state index contributed by atoms with van der Waals surface area (Å²) < 4.78 is 10.5. The van der Waals surface area contributed by atoms with E-state index < -0.39 is 12.2 Å². The van der Waals surface area contributed by atoms with Crippen LogP contribution in [0, 0.1) is 0 Å². The molecule has 0 fully saturated rings. The van der Waals surface area contributed by atoms with Gasteiger partial charge < -0.3 is 19.7 Å². The number of carbonyl (C=O) groups excluding carboxylic acids is 2. The molecule has 0 aliphatic carbocycles. The molecule has 1 aromatic rings. The van der Waals surface area contributed by atoms with E-state index in [1.807, 2.05) is 18.2 Å². The predicted molar refractivity (Wildman–Crippen MR) is 172 cm³/mol. The lowest BCUT2D eigenvalue weighted by Gasteiger charge is -2.28. The number of hydrogen-bond donors (Lipinski definition) is 2. The lowest BCUT2D eigenvalue weighted by Crippen LogP contribution is -2.31. The Kier molecular flexibility index (Phi) is 17.1.